The van der Waals surface area contributed by atoms with E-state index in [2.05, 4.69) is 0 Å². The van der Waals surface area contributed by atoms with Crippen molar-refractivity contribution in [2.75, 3.05) is 19.6 Å². The van der Waals surface area contributed by atoms with Crippen LogP contribution in [0.2, 0.25) is 0 Å². The highest BCUT2D eigenvalue weighted by Crippen LogP contribution is 2.30. The van der Waals surface area contributed by atoms with Gasteiger partial charge in [-0.05, 0) is 42.7 Å². The molecule has 0 radical (unpaired) electrons. The third-order valence-corrected chi connectivity index (χ3v) is 5.42. The minimum Gasteiger partial charge on any atom is -0.341 e. The van der Waals surface area contributed by atoms with Crippen molar-refractivity contribution in [3.05, 3.63) is 57.0 Å². The van der Waals surface area contributed by atoms with E-state index in [1.54, 1.807) is 29.2 Å². The number of rotatable bonds is 5. The number of nitrogens with zero attached hydrogens (tertiary/aromatic N) is 3. The normalized spacial score (nSPS) is 19.1. The number of benzene rings is 1. The largest absolute Gasteiger partial charge is 0.341 e. The van der Waals surface area contributed by atoms with Gasteiger partial charge >= 0.3 is 0 Å². The monoisotopic (exact) mass is 401 g/mol. The number of nitro benzene ring substituents is 1. The van der Waals surface area contributed by atoms with Crippen molar-refractivity contribution in [2.45, 2.75) is 19.3 Å². The summed E-state index contributed by atoms with van der Waals surface area (Å²) >= 11 is 0.782. The third kappa shape index (κ3) is 4.66. The summed E-state index contributed by atoms with van der Waals surface area (Å²) in [5.74, 6) is -0.709. The summed E-state index contributed by atoms with van der Waals surface area (Å²) in [7, 11) is 0. The standard InChI is InChI=1S/C19H19N3O5S/c23-17(20-10-2-1-3-11-20)13-21-18(24)16(28-19(21)25)9-5-7-14-6-4-8-15(12-14)22(26)27/h4-9,12H,1-3,10-11,13H2/b7-5+,16-9-. The van der Waals surface area contributed by atoms with E-state index in [0.29, 0.717) is 18.7 Å². The van der Waals surface area contributed by atoms with Crippen molar-refractivity contribution in [3.63, 3.8) is 0 Å². The van der Waals surface area contributed by atoms with Gasteiger partial charge in [0.1, 0.15) is 6.54 Å². The van der Waals surface area contributed by atoms with Gasteiger partial charge in [-0.15, -0.1) is 0 Å². The van der Waals surface area contributed by atoms with Crippen LogP contribution in [0.4, 0.5) is 10.5 Å². The topological polar surface area (TPSA) is 101 Å². The van der Waals surface area contributed by atoms with Crippen LogP contribution >= 0.6 is 11.8 Å². The first-order valence-electron chi connectivity index (χ1n) is 8.90. The van der Waals surface area contributed by atoms with E-state index < -0.39 is 16.1 Å². The molecule has 9 heteroatoms. The molecule has 2 saturated heterocycles. The van der Waals surface area contributed by atoms with E-state index in [-0.39, 0.29) is 23.0 Å². The molecule has 3 amide bonds. The predicted molar refractivity (Wildman–Crippen MR) is 105 cm³/mol. The molecule has 1 aromatic carbocycles. The van der Waals surface area contributed by atoms with Crippen molar-refractivity contribution < 1.29 is 19.3 Å². The number of imide groups is 1. The summed E-state index contributed by atoms with van der Waals surface area (Å²) in [5.41, 5.74) is 0.573. The minimum atomic E-state index is -0.496. The van der Waals surface area contributed by atoms with E-state index >= 15 is 0 Å². The zero-order chi connectivity index (χ0) is 20.1. The molecule has 2 fully saturated rings. The highest BCUT2D eigenvalue weighted by molar-refractivity contribution is 8.18. The fourth-order valence-electron chi connectivity index (χ4n) is 3.02. The second-order valence-corrected chi connectivity index (χ2v) is 7.44. The average Bonchev–Trinajstić information content (AvgIpc) is 2.96. The molecule has 0 saturated carbocycles. The fraction of sp³-hybridized carbons (Fsp3) is 0.316. The van der Waals surface area contributed by atoms with Crippen LogP contribution in [-0.4, -0.2) is 51.4 Å². The number of hydrogen-bond donors (Lipinski definition) is 0. The maximum absolute atomic E-state index is 12.4. The number of thioether (sulfide) groups is 1. The Hall–Kier alpha value is -2.94. The molecule has 146 valence electrons. The SMILES string of the molecule is O=C(CN1C(=O)S/C(=C\C=C\c2cccc([N+](=O)[O-])c2)C1=O)N1CCCCC1. The number of carbonyl (C=O) groups is 3. The van der Waals surface area contributed by atoms with Gasteiger partial charge in [-0.25, -0.2) is 0 Å². The van der Waals surface area contributed by atoms with Crippen LogP contribution in [0.5, 0.6) is 0 Å². The number of likely N-dealkylation sites (tertiary alicyclic amines) is 1. The van der Waals surface area contributed by atoms with Crippen LogP contribution in [0.15, 0.2) is 41.3 Å². The lowest BCUT2D eigenvalue weighted by Gasteiger charge is -2.27. The average molecular weight is 401 g/mol. The van der Waals surface area contributed by atoms with E-state index in [0.717, 1.165) is 35.9 Å². The number of carbonyl (C=O) groups excluding carboxylic acids is 3. The zero-order valence-corrected chi connectivity index (χ0v) is 15.9. The first kappa shape index (κ1) is 19.8. The van der Waals surface area contributed by atoms with Gasteiger partial charge in [0.25, 0.3) is 16.8 Å². The molecule has 0 aromatic heterocycles. The van der Waals surface area contributed by atoms with Crippen molar-refractivity contribution in [1.82, 2.24) is 9.80 Å². The second kappa shape index (κ2) is 8.83. The zero-order valence-electron chi connectivity index (χ0n) is 15.1. The lowest BCUT2D eigenvalue weighted by Crippen LogP contribution is -2.44. The molecule has 2 aliphatic rings. The van der Waals surface area contributed by atoms with Crippen LogP contribution in [-0.2, 0) is 9.59 Å². The molecule has 0 aliphatic carbocycles. The summed E-state index contributed by atoms with van der Waals surface area (Å²) in [6, 6.07) is 6.06. The third-order valence-electron chi connectivity index (χ3n) is 4.49. The molecule has 0 bridgehead atoms. The molecule has 3 rings (SSSR count). The van der Waals surface area contributed by atoms with Crippen molar-refractivity contribution in [1.29, 1.82) is 0 Å². The Balaban J connectivity index is 1.64. The van der Waals surface area contributed by atoms with Gasteiger partial charge in [-0.1, -0.05) is 24.3 Å². The second-order valence-electron chi connectivity index (χ2n) is 6.44. The molecule has 0 spiro atoms. The predicted octanol–water partition coefficient (Wildman–Crippen LogP) is 3.20. The lowest BCUT2D eigenvalue weighted by atomic mass is 10.1. The highest BCUT2D eigenvalue weighted by Gasteiger charge is 2.36. The number of allylic oxidation sites excluding steroid dienone is 2. The smallest absolute Gasteiger partial charge is 0.294 e. The van der Waals surface area contributed by atoms with Crippen LogP contribution in [0, 0.1) is 10.1 Å². The molecule has 0 unspecified atom stereocenters. The Morgan fingerprint density at radius 3 is 2.68 bits per heavy atom. The minimum absolute atomic E-state index is 0.0290. The van der Waals surface area contributed by atoms with Gasteiger partial charge in [0.05, 0.1) is 9.83 Å². The number of amides is 3. The molecule has 2 aliphatic heterocycles. The van der Waals surface area contributed by atoms with Gasteiger partial charge in [-0.3, -0.25) is 29.4 Å². The number of nitro groups is 1. The van der Waals surface area contributed by atoms with E-state index in [1.165, 1.54) is 18.2 Å². The first-order valence-corrected chi connectivity index (χ1v) is 9.71. The molecule has 0 atom stereocenters. The number of non-ortho nitro benzene ring substituents is 1. The van der Waals surface area contributed by atoms with Crippen molar-refractivity contribution in [3.8, 4) is 0 Å². The van der Waals surface area contributed by atoms with Gasteiger partial charge in [-0.2, -0.15) is 0 Å². The number of hydrogen-bond acceptors (Lipinski definition) is 6. The van der Waals surface area contributed by atoms with Crippen LogP contribution in [0.3, 0.4) is 0 Å². The molecule has 8 nitrogen and oxygen atoms in total. The van der Waals surface area contributed by atoms with Crippen LogP contribution < -0.4 is 0 Å². The van der Waals surface area contributed by atoms with Crippen LogP contribution in [0.25, 0.3) is 6.08 Å². The van der Waals surface area contributed by atoms with Gasteiger partial charge < -0.3 is 4.90 Å². The Labute approximate surface area is 166 Å². The Kier molecular flexibility index (Phi) is 6.25. The van der Waals surface area contributed by atoms with Crippen molar-refractivity contribution in [2.24, 2.45) is 0 Å². The molecular formula is C19H19N3O5S. The van der Waals surface area contributed by atoms with E-state index in [4.69, 9.17) is 0 Å². The van der Waals surface area contributed by atoms with Gasteiger partial charge in [0.15, 0.2) is 0 Å². The summed E-state index contributed by atoms with van der Waals surface area (Å²) in [6.45, 7) is 1.09. The van der Waals surface area contributed by atoms with E-state index in [9.17, 15) is 24.5 Å². The molecule has 28 heavy (non-hydrogen) atoms. The van der Waals surface area contributed by atoms with E-state index in [1.807, 2.05) is 0 Å². The Bertz CT molecular complexity index is 874. The lowest BCUT2D eigenvalue weighted by molar-refractivity contribution is -0.384. The maximum atomic E-state index is 12.4. The van der Waals surface area contributed by atoms with Crippen LogP contribution in [0.1, 0.15) is 24.8 Å². The molecular weight excluding hydrogens is 382 g/mol. The first-order chi connectivity index (χ1) is 13.5. The number of piperidine rings is 1. The maximum Gasteiger partial charge on any atom is 0.294 e. The summed E-state index contributed by atoms with van der Waals surface area (Å²) in [6.07, 6.45) is 7.62. The summed E-state index contributed by atoms with van der Waals surface area (Å²) in [5, 5.41) is 10.3. The molecule has 2 heterocycles. The Morgan fingerprint density at radius 2 is 1.96 bits per heavy atom. The fourth-order valence-corrected chi connectivity index (χ4v) is 3.81. The van der Waals surface area contributed by atoms with Gasteiger partial charge in [0, 0.05) is 25.2 Å². The molecule has 0 N–H and O–H groups in total. The summed E-state index contributed by atoms with van der Waals surface area (Å²) < 4.78 is 0. The Morgan fingerprint density at radius 1 is 1.21 bits per heavy atom. The highest BCUT2D eigenvalue weighted by atomic mass is 32.2. The van der Waals surface area contributed by atoms with Crippen molar-refractivity contribution >= 4 is 40.6 Å². The summed E-state index contributed by atoms with van der Waals surface area (Å²) in [4.78, 5) is 50.1. The quantitative estimate of drug-likeness (QED) is 0.427. The molecule has 1 aromatic rings. The van der Waals surface area contributed by atoms with Gasteiger partial charge in [0.2, 0.25) is 5.91 Å².